The van der Waals surface area contributed by atoms with Gasteiger partial charge in [-0.05, 0) is 19.1 Å². The maximum Gasteiger partial charge on any atom is 0.418 e. The van der Waals surface area contributed by atoms with E-state index in [1.807, 2.05) is 0 Å². The Kier molecular flexibility index (Phi) is 5.39. The number of amides is 2. The zero-order chi connectivity index (χ0) is 16.0. The number of oxime groups is 1. The second-order valence-electron chi connectivity index (χ2n) is 4.34. The predicted octanol–water partition coefficient (Wildman–Crippen LogP) is 2.35. The van der Waals surface area contributed by atoms with E-state index in [0.29, 0.717) is 0 Å². The molecule has 0 aliphatic heterocycles. The molecule has 1 aromatic carbocycles. The normalized spacial score (nSPS) is 13.6. The van der Waals surface area contributed by atoms with Gasteiger partial charge in [0.25, 0.3) is 0 Å². The fourth-order valence-electron chi connectivity index (χ4n) is 1.63. The summed E-state index contributed by atoms with van der Waals surface area (Å²) in [5.74, 6) is -0.0986. The van der Waals surface area contributed by atoms with Crippen molar-refractivity contribution in [1.82, 2.24) is 5.32 Å². The van der Waals surface area contributed by atoms with Crippen LogP contribution in [0.4, 0.5) is 23.7 Å². The Labute approximate surface area is 118 Å². The first-order valence-corrected chi connectivity index (χ1v) is 5.94. The van der Waals surface area contributed by atoms with Crippen molar-refractivity contribution in [3.63, 3.8) is 0 Å². The second-order valence-corrected chi connectivity index (χ2v) is 4.34. The summed E-state index contributed by atoms with van der Waals surface area (Å²) < 4.78 is 38.2. The number of nitrogens with zero attached hydrogens (tertiary/aromatic N) is 1. The molecule has 0 heterocycles. The maximum absolute atomic E-state index is 12.7. The van der Waals surface area contributed by atoms with Crippen LogP contribution >= 0.6 is 0 Å². The summed E-state index contributed by atoms with van der Waals surface area (Å²) in [4.78, 5) is 11.6. The van der Waals surface area contributed by atoms with E-state index in [9.17, 15) is 18.0 Å². The van der Waals surface area contributed by atoms with Crippen LogP contribution in [-0.4, -0.2) is 23.1 Å². The van der Waals surface area contributed by atoms with Crippen LogP contribution < -0.4 is 16.4 Å². The van der Waals surface area contributed by atoms with Gasteiger partial charge in [-0.15, -0.1) is 0 Å². The Balaban J connectivity index is 2.72. The van der Waals surface area contributed by atoms with Gasteiger partial charge in [0.2, 0.25) is 0 Å². The van der Waals surface area contributed by atoms with Crippen molar-refractivity contribution in [2.75, 3.05) is 5.32 Å². The number of carbonyl (C=O) groups is 1. The molecule has 0 radical (unpaired) electrons. The summed E-state index contributed by atoms with van der Waals surface area (Å²) >= 11 is 0. The van der Waals surface area contributed by atoms with Crippen LogP contribution in [0.25, 0.3) is 0 Å². The summed E-state index contributed by atoms with van der Waals surface area (Å²) in [6, 6.07) is 3.30. The van der Waals surface area contributed by atoms with Crippen molar-refractivity contribution in [3.05, 3.63) is 29.8 Å². The average molecular weight is 304 g/mol. The van der Waals surface area contributed by atoms with Crippen LogP contribution in [-0.2, 0) is 6.18 Å². The van der Waals surface area contributed by atoms with Crippen molar-refractivity contribution < 1.29 is 23.2 Å². The molecule has 0 saturated heterocycles. The number of hydrogen-bond acceptors (Lipinski definition) is 3. The minimum atomic E-state index is -4.57. The Morgan fingerprint density at radius 2 is 2.05 bits per heavy atom. The van der Waals surface area contributed by atoms with E-state index in [1.54, 1.807) is 6.92 Å². The predicted molar refractivity (Wildman–Crippen MR) is 71.1 cm³/mol. The molecule has 0 fully saturated rings. The molecular weight excluding hydrogens is 289 g/mol. The number of anilines is 1. The molecule has 21 heavy (non-hydrogen) atoms. The van der Waals surface area contributed by atoms with Crippen LogP contribution in [0.5, 0.6) is 0 Å². The van der Waals surface area contributed by atoms with Gasteiger partial charge in [0.05, 0.1) is 11.3 Å². The third-order valence-electron chi connectivity index (χ3n) is 2.50. The Morgan fingerprint density at radius 1 is 1.43 bits per heavy atom. The molecule has 0 aromatic heterocycles. The number of nitrogens with one attached hydrogen (secondary N) is 2. The van der Waals surface area contributed by atoms with Crippen molar-refractivity contribution in [3.8, 4) is 0 Å². The molecule has 1 rings (SSSR count). The van der Waals surface area contributed by atoms with Crippen LogP contribution in [0.1, 0.15) is 18.9 Å². The number of amidine groups is 1. The lowest BCUT2D eigenvalue weighted by Crippen LogP contribution is -2.38. The van der Waals surface area contributed by atoms with Gasteiger partial charge in [-0.3, -0.25) is 0 Å². The molecule has 1 atom stereocenters. The van der Waals surface area contributed by atoms with Gasteiger partial charge in [0, 0.05) is 12.5 Å². The van der Waals surface area contributed by atoms with Gasteiger partial charge in [0.1, 0.15) is 5.84 Å². The number of urea groups is 1. The summed E-state index contributed by atoms with van der Waals surface area (Å²) in [7, 11) is 0. The molecule has 0 bridgehead atoms. The first kappa shape index (κ1) is 16.6. The SMILES string of the molecule is CC(CC(N)=NO)NC(=O)Nc1ccccc1C(F)(F)F. The van der Waals surface area contributed by atoms with Crippen molar-refractivity contribution >= 4 is 17.6 Å². The first-order chi connectivity index (χ1) is 9.74. The van der Waals surface area contributed by atoms with Gasteiger partial charge in [-0.1, -0.05) is 17.3 Å². The van der Waals surface area contributed by atoms with Crippen LogP contribution in [0.3, 0.4) is 0 Å². The lowest BCUT2D eigenvalue weighted by atomic mass is 10.1. The first-order valence-electron chi connectivity index (χ1n) is 5.94. The Bertz CT molecular complexity index is 531. The summed E-state index contributed by atoms with van der Waals surface area (Å²) in [5.41, 5.74) is 3.97. The van der Waals surface area contributed by atoms with E-state index in [2.05, 4.69) is 15.8 Å². The monoisotopic (exact) mass is 304 g/mol. The molecule has 0 aliphatic carbocycles. The fourth-order valence-corrected chi connectivity index (χ4v) is 1.63. The average Bonchev–Trinajstić information content (AvgIpc) is 2.37. The molecular formula is C12H15F3N4O2. The van der Waals surface area contributed by atoms with Gasteiger partial charge in [-0.2, -0.15) is 13.2 Å². The Hall–Kier alpha value is -2.45. The van der Waals surface area contributed by atoms with E-state index in [1.165, 1.54) is 12.1 Å². The number of rotatable bonds is 4. The third-order valence-corrected chi connectivity index (χ3v) is 2.50. The number of nitrogens with two attached hydrogens (primary N) is 1. The van der Waals surface area contributed by atoms with E-state index >= 15 is 0 Å². The van der Waals surface area contributed by atoms with Crippen LogP contribution in [0.15, 0.2) is 29.4 Å². The molecule has 1 unspecified atom stereocenters. The van der Waals surface area contributed by atoms with E-state index in [4.69, 9.17) is 10.9 Å². The topological polar surface area (TPSA) is 99.7 Å². The molecule has 6 nitrogen and oxygen atoms in total. The van der Waals surface area contributed by atoms with E-state index < -0.39 is 23.8 Å². The molecule has 0 saturated carbocycles. The highest BCUT2D eigenvalue weighted by Crippen LogP contribution is 2.34. The standard InChI is InChI=1S/C12H15F3N4O2/c1-7(6-10(16)19-21)17-11(20)18-9-5-3-2-4-8(9)12(13,14)15/h2-5,7,21H,6H2,1H3,(H2,16,19)(H2,17,18,20). The van der Waals surface area contributed by atoms with Gasteiger partial charge in [-0.25, -0.2) is 4.79 Å². The number of carbonyl (C=O) groups excluding carboxylic acids is 1. The number of hydrogen-bond donors (Lipinski definition) is 4. The van der Waals surface area contributed by atoms with Crippen LogP contribution in [0.2, 0.25) is 0 Å². The summed E-state index contributed by atoms with van der Waals surface area (Å²) in [6.07, 6.45) is -4.51. The minimum Gasteiger partial charge on any atom is -0.409 e. The number of alkyl halides is 3. The highest BCUT2D eigenvalue weighted by atomic mass is 19.4. The Morgan fingerprint density at radius 3 is 2.62 bits per heavy atom. The second kappa shape index (κ2) is 6.82. The molecule has 5 N–H and O–H groups in total. The smallest absolute Gasteiger partial charge is 0.409 e. The quantitative estimate of drug-likeness (QED) is 0.297. The highest BCUT2D eigenvalue weighted by Gasteiger charge is 2.33. The number of para-hydroxylation sites is 1. The molecule has 0 spiro atoms. The van der Waals surface area contributed by atoms with Gasteiger partial charge < -0.3 is 21.6 Å². The largest absolute Gasteiger partial charge is 0.418 e. The summed E-state index contributed by atoms with van der Waals surface area (Å²) in [6.45, 7) is 1.56. The maximum atomic E-state index is 12.7. The van der Waals surface area contributed by atoms with Gasteiger partial charge in [0.15, 0.2) is 0 Å². The molecule has 1 aromatic rings. The van der Waals surface area contributed by atoms with E-state index in [0.717, 1.165) is 12.1 Å². The molecule has 116 valence electrons. The highest BCUT2D eigenvalue weighted by molar-refractivity contribution is 5.91. The lowest BCUT2D eigenvalue weighted by Gasteiger charge is -2.16. The molecule has 2 amide bonds. The third kappa shape index (κ3) is 5.21. The minimum absolute atomic E-state index is 0.0604. The molecule has 0 aliphatic rings. The van der Waals surface area contributed by atoms with Crippen molar-refractivity contribution in [2.24, 2.45) is 10.9 Å². The number of halogens is 3. The molecule has 9 heteroatoms. The van der Waals surface area contributed by atoms with Crippen molar-refractivity contribution in [1.29, 1.82) is 0 Å². The van der Waals surface area contributed by atoms with Crippen LogP contribution in [0, 0.1) is 0 Å². The zero-order valence-corrected chi connectivity index (χ0v) is 11.1. The van der Waals surface area contributed by atoms with Crippen molar-refractivity contribution in [2.45, 2.75) is 25.6 Å². The zero-order valence-electron chi connectivity index (χ0n) is 11.1. The summed E-state index contributed by atoms with van der Waals surface area (Å²) in [5, 5.41) is 15.6. The number of benzene rings is 1. The van der Waals surface area contributed by atoms with Gasteiger partial charge >= 0.3 is 12.2 Å². The fraction of sp³-hybridized carbons (Fsp3) is 0.333. The van der Waals surface area contributed by atoms with E-state index in [-0.39, 0.29) is 17.9 Å². The lowest BCUT2D eigenvalue weighted by molar-refractivity contribution is -0.136.